The number of imidazole rings is 1. The zero-order chi connectivity index (χ0) is 24.2. The molecule has 2 aromatic carbocycles. The molecule has 11 heteroatoms. The van der Waals surface area contributed by atoms with Crippen molar-refractivity contribution in [1.82, 2.24) is 14.9 Å². The SMILES string of the molecule is NC(=O)c1ncn(-c2ccc(NC(=O)c3ccc(F)cc3Cl)cc2)c1C(=O)NCC1CCCO1. The van der Waals surface area contributed by atoms with Gasteiger partial charge in [-0.3, -0.25) is 19.0 Å². The zero-order valence-electron chi connectivity index (χ0n) is 17.9. The molecule has 9 nitrogen and oxygen atoms in total. The number of halogens is 2. The van der Waals surface area contributed by atoms with Crippen LogP contribution >= 0.6 is 11.6 Å². The van der Waals surface area contributed by atoms with Crippen LogP contribution in [0.25, 0.3) is 5.69 Å². The fourth-order valence-corrected chi connectivity index (χ4v) is 3.87. The Bertz CT molecular complexity index is 1240. The number of carbonyl (C=O) groups is 3. The summed E-state index contributed by atoms with van der Waals surface area (Å²) in [5.41, 5.74) is 6.33. The molecule has 1 saturated heterocycles. The van der Waals surface area contributed by atoms with Gasteiger partial charge >= 0.3 is 0 Å². The quantitative estimate of drug-likeness (QED) is 0.474. The molecular weight excluding hydrogens is 465 g/mol. The topological polar surface area (TPSA) is 128 Å². The van der Waals surface area contributed by atoms with E-state index >= 15 is 0 Å². The number of aromatic nitrogens is 2. The second-order valence-electron chi connectivity index (χ2n) is 7.65. The van der Waals surface area contributed by atoms with Crippen LogP contribution in [0.4, 0.5) is 10.1 Å². The summed E-state index contributed by atoms with van der Waals surface area (Å²) >= 11 is 5.94. The first-order valence-corrected chi connectivity index (χ1v) is 10.8. The summed E-state index contributed by atoms with van der Waals surface area (Å²) in [5, 5.41) is 5.43. The number of benzene rings is 2. The van der Waals surface area contributed by atoms with Crippen LogP contribution in [0.1, 0.15) is 44.2 Å². The molecule has 176 valence electrons. The van der Waals surface area contributed by atoms with Crippen molar-refractivity contribution in [3.05, 3.63) is 76.6 Å². The van der Waals surface area contributed by atoms with Gasteiger partial charge in [-0.2, -0.15) is 0 Å². The molecule has 4 N–H and O–H groups in total. The third-order valence-corrected chi connectivity index (χ3v) is 5.62. The van der Waals surface area contributed by atoms with E-state index in [4.69, 9.17) is 22.1 Å². The van der Waals surface area contributed by atoms with Gasteiger partial charge in [0.2, 0.25) is 0 Å². The lowest BCUT2D eigenvalue weighted by molar-refractivity contribution is 0.0846. The van der Waals surface area contributed by atoms with Crippen LogP contribution in [0.15, 0.2) is 48.8 Å². The molecule has 0 saturated carbocycles. The Labute approximate surface area is 199 Å². The smallest absolute Gasteiger partial charge is 0.270 e. The first kappa shape index (κ1) is 23.4. The summed E-state index contributed by atoms with van der Waals surface area (Å²) in [5.74, 6) is -2.39. The minimum atomic E-state index is -0.832. The second kappa shape index (κ2) is 10.0. The Hall–Kier alpha value is -3.76. The molecule has 0 bridgehead atoms. The molecule has 0 radical (unpaired) electrons. The summed E-state index contributed by atoms with van der Waals surface area (Å²) in [6.07, 6.45) is 3.03. The van der Waals surface area contributed by atoms with Crippen molar-refractivity contribution in [2.75, 3.05) is 18.5 Å². The van der Waals surface area contributed by atoms with Crippen LogP contribution in [0.2, 0.25) is 5.02 Å². The molecule has 1 fully saturated rings. The fourth-order valence-electron chi connectivity index (χ4n) is 3.61. The predicted molar refractivity (Wildman–Crippen MR) is 123 cm³/mol. The van der Waals surface area contributed by atoms with Gasteiger partial charge < -0.3 is 21.1 Å². The number of nitrogens with one attached hydrogen (secondary N) is 2. The first-order chi connectivity index (χ1) is 16.3. The van der Waals surface area contributed by atoms with E-state index in [2.05, 4.69) is 15.6 Å². The molecule has 1 atom stereocenters. The number of amides is 3. The minimum absolute atomic E-state index is 0.000349. The molecular formula is C23H21ClFN5O4. The molecule has 4 rings (SSSR count). The lowest BCUT2D eigenvalue weighted by Gasteiger charge is -2.13. The van der Waals surface area contributed by atoms with E-state index in [1.54, 1.807) is 24.3 Å². The number of nitrogens with two attached hydrogens (primary N) is 1. The van der Waals surface area contributed by atoms with Crippen LogP contribution in [-0.2, 0) is 4.74 Å². The highest BCUT2D eigenvalue weighted by Gasteiger charge is 2.25. The van der Waals surface area contributed by atoms with E-state index in [1.165, 1.54) is 17.0 Å². The van der Waals surface area contributed by atoms with Gasteiger partial charge in [-0.1, -0.05) is 11.6 Å². The van der Waals surface area contributed by atoms with Gasteiger partial charge in [0.1, 0.15) is 17.8 Å². The van der Waals surface area contributed by atoms with Crippen LogP contribution in [0.5, 0.6) is 0 Å². The van der Waals surface area contributed by atoms with E-state index < -0.39 is 23.5 Å². The van der Waals surface area contributed by atoms with Gasteiger partial charge in [0.15, 0.2) is 5.69 Å². The molecule has 0 aliphatic carbocycles. The number of rotatable bonds is 7. The fraction of sp³-hybridized carbons (Fsp3) is 0.217. The highest BCUT2D eigenvalue weighted by atomic mass is 35.5. The molecule has 3 aromatic rings. The Balaban J connectivity index is 1.53. The van der Waals surface area contributed by atoms with Crippen molar-refractivity contribution in [1.29, 1.82) is 0 Å². The normalized spacial score (nSPS) is 15.2. The Morgan fingerprint density at radius 2 is 1.94 bits per heavy atom. The van der Waals surface area contributed by atoms with Crippen LogP contribution < -0.4 is 16.4 Å². The van der Waals surface area contributed by atoms with Crippen molar-refractivity contribution < 1.29 is 23.5 Å². The summed E-state index contributed by atoms with van der Waals surface area (Å²) in [7, 11) is 0. The number of hydrogen-bond donors (Lipinski definition) is 3. The average Bonchev–Trinajstić information content (AvgIpc) is 3.48. The van der Waals surface area contributed by atoms with Gasteiger partial charge in [-0.05, 0) is 55.3 Å². The lowest BCUT2D eigenvalue weighted by atomic mass is 10.2. The summed E-state index contributed by atoms with van der Waals surface area (Å²) < 4.78 is 20.2. The van der Waals surface area contributed by atoms with Gasteiger partial charge in [-0.15, -0.1) is 0 Å². The Morgan fingerprint density at radius 1 is 1.18 bits per heavy atom. The molecule has 1 unspecified atom stereocenters. The number of hydrogen-bond acceptors (Lipinski definition) is 5. The van der Waals surface area contributed by atoms with Crippen molar-refractivity contribution in [3.63, 3.8) is 0 Å². The van der Waals surface area contributed by atoms with Gasteiger partial charge in [0.05, 0.1) is 16.7 Å². The third-order valence-electron chi connectivity index (χ3n) is 5.31. The van der Waals surface area contributed by atoms with E-state index in [0.717, 1.165) is 25.0 Å². The molecule has 34 heavy (non-hydrogen) atoms. The van der Waals surface area contributed by atoms with E-state index in [9.17, 15) is 18.8 Å². The highest BCUT2D eigenvalue weighted by Crippen LogP contribution is 2.21. The minimum Gasteiger partial charge on any atom is -0.376 e. The monoisotopic (exact) mass is 485 g/mol. The number of ether oxygens (including phenoxy) is 1. The van der Waals surface area contributed by atoms with E-state index in [-0.39, 0.29) is 28.1 Å². The maximum atomic E-state index is 13.2. The zero-order valence-corrected chi connectivity index (χ0v) is 18.6. The number of carbonyl (C=O) groups excluding carboxylic acids is 3. The number of primary amides is 1. The van der Waals surface area contributed by atoms with Crippen LogP contribution in [0, 0.1) is 5.82 Å². The molecule has 1 aliphatic heterocycles. The van der Waals surface area contributed by atoms with Crippen molar-refractivity contribution in [3.8, 4) is 5.69 Å². The average molecular weight is 486 g/mol. The number of anilines is 1. The predicted octanol–water partition coefficient (Wildman–Crippen LogP) is 2.92. The second-order valence-corrected chi connectivity index (χ2v) is 8.05. The molecule has 2 heterocycles. The maximum absolute atomic E-state index is 13.2. The van der Waals surface area contributed by atoms with Crippen LogP contribution in [-0.4, -0.2) is 46.5 Å². The standard InChI is InChI=1S/C23H21ClFN5O4/c24-18-10-13(25)3-8-17(18)22(32)29-14-4-6-15(7-5-14)30-12-28-19(21(26)31)20(30)23(33)27-11-16-2-1-9-34-16/h3-8,10,12,16H,1-2,9,11H2,(H2,26,31)(H,27,33)(H,29,32). The van der Waals surface area contributed by atoms with Crippen LogP contribution in [0.3, 0.4) is 0 Å². The molecule has 1 aromatic heterocycles. The molecule has 3 amide bonds. The highest BCUT2D eigenvalue weighted by molar-refractivity contribution is 6.34. The summed E-state index contributed by atoms with van der Waals surface area (Å²) in [4.78, 5) is 41.2. The number of nitrogens with zero attached hydrogens (tertiary/aromatic N) is 2. The largest absolute Gasteiger partial charge is 0.376 e. The van der Waals surface area contributed by atoms with Crippen molar-refractivity contribution in [2.45, 2.75) is 18.9 Å². The first-order valence-electron chi connectivity index (χ1n) is 10.5. The van der Waals surface area contributed by atoms with Crippen molar-refractivity contribution in [2.24, 2.45) is 5.73 Å². The van der Waals surface area contributed by atoms with Gasteiger partial charge in [0.25, 0.3) is 17.7 Å². The van der Waals surface area contributed by atoms with Gasteiger partial charge in [-0.25, -0.2) is 9.37 Å². The molecule has 0 spiro atoms. The van der Waals surface area contributed by atoms with E-state index in [1.807, 2.05) is 0 Å². The lowest BCUT2D eigenvalue weighted by Crippen LogP contribution is -2.34. The van der Waals surface area contributed by atoms with Gasteiger partial charge in [0, 0.05) is 24.5 Å². The third kappa shape index (κ3) is 5.08. The maximum Gasteiger partial charge on any atom is 0.270 e. The summed E-state index contributed by atoms with van der Waals surface area (Å²) in [6, 6.07) is 9.95. The summed E-state index contributed by atoms with van der Waals surface area (Å²) in [6.45, 7) is 0.959. The van der Waals surface area contributed by atoms with Crippen molar-refractivity contribution >= 4 is 35.0 Å². The Kier molecular flexibility index (Phi) is 6.90. The molecule has 1 aliphatic rings. The Morgan fingerprint density at radius 3 is 2.59 bits per heavy atom. The van der Waals surface area contributed by atoms with E-state index in [0.29, 0.717) is 24.5 Å².